The molecule has 1 heterocycles. The first-order valence-corrected chi connectivity index (χ1v) is 11.1. The molecule has 5 nitrogen and oxygen atoms in total. The second-order valence-electron chi connectivity index (χ2n) is 9.30. The number of aryl methyl sites for hydroxylation is 1. The van der Waals surface area contributed by atoms with Crippen LogP contribution in [0.15, 0.2) is 54.2 Å². The number of nitrogens with zero attached hydrogens (tertiary/aromatic N) is 2. The Hall–Kier alpha value is -3.32. The van der Waals surface area contributed by atoms with Gasteiger partial charge in [-0.15, -0.1) is 0 Å². The lowest BCUT2D eigenvalue weighted by Crippen LogP contribution is -2.45. The van der Waals surface area contributed by atoms with Crippen molar-refractivity contribution in [2.75, 3.05) is 0 Å². The summed E-state index contributed by atoms with van der Waals surface area (Å²) in [6, 6.07) is 11.0. The van der Waals surface area contributed by atoms with E-state index in [1.807, 2.05) is 18.2 Å². The predicted octanol–water partition coefficient (Wildman–Crippen LogP) is 4.35. The number of rotatable bonds is 5. The van der Waals surface area contributed by atoms with E-state index >= 15 is 0 Å². The van der Waals surface area contributed by atoms with Crippen LogP contribution in [0.1, 0.15) is 53.4 Å². The molecular weight excluding hydrogens is 424 g/mol. The Morgan fingerprint density at radius 1 is 1.21 bits per heavy atom. The summed E-state index contributed by atoms with van der Waals surface area (Å²) >= 11 is 0. The summed E-state index contributed by atoms with van der Waals surface area (Å²) in [6.07, 6.45) is 6.73. The SMILES string of the molecule is C[C@]12Cc3cnn(-c4ccc(F)c(F)c4)c3C=C1CC[C@@]2(O)CCc1ccccc1C(N)=O. The molecule has 1 aromatic heterocycles. The Balaban J connectivity index is 1.44. The molecule has 1 fully saturated rings. The zero-order valence-corrected chi connectivity index (χ0v) is 18.3. The van der Waals surface area contributed by atoms with E-state index in [2.05, 4.69) is 12.0 Å². The number of aromatic nitrogens is 2. The predicted molar refractivity (Wildman–Crippen MR) is 121 cm³/mol. The molecule has 3 aromatic rings. The molecule has 5 rings (SSSR count). The smallest absolute Gasteiger partial charge is 0.248 e. The van der Waals surface area contributed by atoms with Gasteiger partial charge < -0.3 is 10.8 Å². The molecule has 7 heteroatoms. The molecule has 0 bridgehead atoms. The largest absolute Gasteiger partial charge is 0.389 e. The minimum absolute atomic E-state index is 0.451. The fraction of sp³-hybridized carbons (Fsp3) is 0.308. The van der Waals surface area contributed by atoms with Crippen molar-refractivity contribution in [2.45, 2.75) is 44.6 Å². The van der Waals surface area contributed by atoms with E-state index in [4.69, 9.17) is 5.73 Å². The normalized spacial score (nSPS) is 23.7. The van der Waals surface area contributed by atoms with E-state index < -0.39 is 28.6 Å². The quantitative estimate of drug-likeness (QED) is 0.608. The summed E-state index contributed by atoms with van der Waals surface area (Å²) in [5.74, 6) is -2.29. The minimum atomic E-state index is -0.953. The van der Waals surface area contributed by atoms with Gasteiger partial charge >= 0.3 is 0 Å². The molecule has 2 aromatic carbocycles. The summed E-state index contributed by atoms with van der Waals surface area (Å²) in [4.78, 5) is 11.8. The molecule has 0 unspecified atom stereocenters. The van der Waals surface area contributed by atoms with Crippen LogP contribution < -0.4 is 5.73 Å². The van der Waals surface area contributed by atoms with Crippen LogP contribution in [0.3, 0.4) is 0 Å². The Labute approximate surface area is 190 Å². The summed E-state index contributed by atoms with van der Waals surface area (Å²) in [5.41, 5.74) is 8.75. The number of carbonyl (C=O) groups is 1. The van der Waals surface area contributed by atoms with Crippen LogP contribution in [-0.4, -0.2) is 26.4 Å². The number of fused-ring (bicyclic) bond motifs is 2. The average Bonchev–Trinajstić information content (AvgIpc) is 3.30. The number of hydrogen-bond donors (Lipinski definition) is 2. The highest BCUT2D eigenvalue weighted by Crippen LogP contribution is 2.56. The van der Waals surface area contributed by atoms with Crippen molar-refractivity contribution in [3.8, 4) is 5.69 Å². The third kappa shape index (κ3) is 3.38. The molecule has 0 radical (unpaired) electrons. The maximum Gasteiger partial charge on any atom is 0.248 e. The second-order valence-corrected chi connectivity index (χ2v) is 9.30. The van der Waals surface area contributed by atoms with E-state index in [1.54, 1.807) is 23.0 Å². The molecule has 2 aliphatic carbocycles. The first-order chi connectivity index (χ1) is 15.7. The van der Waals surface area contributed by atoms with Gasteiger partial charge in [0.2, 0.25) is 5.91 Å². The first kappa shape index (κ1) is 21.5. The van der Waals surface area contributed by atoms with Crippen molar-refractivity contribution < 1.29 is 18.7 Å². The van der Waals surface area contributed by atoms with Crippen LogP contribution in [0, 0.1) is 17.0 Å². The van der Waals surface area contributed by atoms with Crippen LogP contribution in [0.25, 0.3) is 11.8 Å². The number of aliphatic hydroxyl groups is 1. The number of nitrogens with two attached hydrogens (primary N) is 1. The van der Waals surface area contributed by atoms with Crippen LogP contribution in [0.2, 0.25) is 0 Å². The van der Waals surface area contributed by atoms with Gasteiger partial charge in [0, 0.05) is 17.0 Å². The van der Waals surface area contributed by atoms with Gasteiger partial charge in [-0.25, -0.2) is 13.5 Å². The third-order valence-corrected chi connectivity index (χ3v) is 7.52. The maximum atomic E-state index is 13.8. The summed E-state index contributed by atoms with van der Waals surface area (Å²) < 4.78 is 28.8. The van der Waals surface area contributed by atoms with Gasteiger partial charge in [-0.05, 0) is 67.5 Å². The van der Waals surface area contributed by atoms with Gasteiger partial charge in [0.15, 0.2) is 11.6 Å². The van der Waals surface area contributed by atoms with E-state index in [9.17, 15) is 18.7 Å². The van der Waals surface area contributed by atoms with Crippen LogP contribution >= 0.6 is 0 Å². The van der Waals surface area contributed by atoms with Crippen molar-refractivity contribution in [1.82, 2.24) is 9.78 Å². The van der Waals surface area contributed by atoms with E-state index in [1.165, 1.54) is 6.07 Å². The fourth-order valence-corrected chi connectivity index (χ4v) is 5.47. The monoisotopic (exact) mass is 449 g/mol. The molecule has 1 saturated carbocycles. The second kappa shape index (κ2) is 7.63. The summed E-state index contributed by atoms with van der Waals surface area (Å²) in [6.45, 7) is 2.07. The van der Waals surface area contributed by atoms with Gasteiger partial charge in [0.1, 0.15) is 0 Å². The molecular formula is C26H25F2N3O2. The van der Waals surface area contributed by atoms with Crippen molar-refractivity contribution in [2.24, 2.45) is 11.1 Å². The molecule has 2 aliphatic rings. The van der Waals surface area contributed by atoms with Gasteiger partial charge in [0.25, 0.3) is 0 Å². The van der Waals surface area contributed by atoms with Crippen molar-refractivity contribution in [3.05, 3.63) is 88.3 Å². The van der Waals surface area contributed by atoms with E-state index in [0.29, 0.717) is 36.9 Å². The number of amides is 1. The maximum absolute atomic E-state index is 13.8. The Morgan fingerprint density at radius 3 is 2.76 bits per heavy atom. The Kier molecular flexibility index (Phi) is 4.97. The molecule has 2 atom stereocenters. The number of benzene rings is 2. The molecule has 33 heavy (non-hydrogen) atoms. The van der Waals surface area contributed by atoms with Gasteiger partial charge in [-0.3, -0.25) is 4.79 Å². The molecule has 3 N–H and O–H groups in total. The summed E-state index contributed by atoms with van der Waals surface area (Å²) in [5, 5.41) is 16.2. The molecule has 1 amide bonds. The third-order valence-electron chi connectivity index (χ3n) is 7.52. The van der Waals surface area contributed by atoms with Crippen molar-refractivity contribution in [1.29, 1.82) is 0 Å². The van der Waals surface area contributed by atoms with Gasteiger partial charge in [-0.2, -0.15) is 5.10 Å². The Bertz CT molecular complexity index is 1300. The summed E-state index contributed by atoms with van der Waals surface area (Å²) in [7, 11) is 0. The first-order valence-electron chi connectivity index (χ1n) is 11.1. The number of primary amides is 1. The zero-order chi connectivity index (χ0) is 23.4. The lowest BCUT2D eigenvalue weighted by atomic mass is 9.65. The number of carbonyl (C=O) groups excluding carboxylic acids is 1. The molecule has 0 spiro atoms. The number of hydrogen-bond acceptors (Lipinski definition) is 3. The standard InChI is InChI=1S/C26H25F2N3O2/c1-25-14-17-15-30-31(19-6-7-21(27)22(28)13-19)23(17)12-18(25)9-11-26(25,33)10-8-16-4-2-3-5-20(16)24(29)32/h2-7,12-13,15,33H,8-11,14H2,1H3,(H2,29,32)/t25-,26-/m0/s1. The van der Waals surface area contributed by atoms with Crippen molar-refractivity contribution in [3.63, 3.8) is 0 Å². The zero-order valence-electron chi connectivity index (χ0n) is 18.3. The number of halogens is 2. The van der Waals surface area contributed by atoms with Gasteiger partial charge in [0.05, 0.1) is 23.2 Å². The van der Waals surface area contributed by atoms with E-state index in [-0.39, 0.29) is 0 Å². The molecule has 0 aliphatic heterocycles. The van der Waals surface area contributed by atoms with E-state index in [0.717, 1.165) is 40.9 Å². The Morgan fingerprint density at radius 2 is 2.00 bits per heavy atom. The topological polar surface area (TPSA) is 81.1 Å². The fourth-order valence-electron chi connectivity index (χ4n) is 5.47. The van der Waals surface area contributed by atoms with Gasteiger partial charge in [-0.1, -0.05) is 30.7 Å². The highest BCUT2D eigenvalue weighted by atomic mass is 19.2. The lowest BCUT2D eigenvalue weighted by Gasteiger charge is -2.42. The molecule has 0 saturated heterocycles. The lowest BCUT2D eigenvalue weighted by molar-refractivity contribution is -0.0461. The van der Waals surface area contributed by atoms with Crippen LogP contribution in [0.4, 0.5) is 8.78 Å². The highest BCUT2D eigenvalue weighted by Gasteiger charge is 2.54. The van der Waals surface area contributed by atoms with Crippen LogP contribution in [0.5, 0.6) is 0 Å². The highest BCUT2D eigenvalue weighted by molar-refractivity contribution is 5.94. The molecule has 170 valence electrons. The van der Waals surface area contributed by atoms with Crippen LogP contribution in [-0.2, 0) is 12.8 Å². The minimum Gasteiger partial charge on any atom is -0.389 e. The van der Waals surface area contributed by atoms with Crippen molar-refractivity contribution >= 4 is 12.0 Å². The average molecular weight is 450 g/mol.